The van der Waals surface area contributed by atoms with Gasteiger partial charge in [-0.1, -0.05) is 36.8 Å². The molecule has 0 aliphatic heterocycles. The van der Waals surface area contributed by atoms with Crippen LogP contribution in [0.15, 0.2) is 24.3 Å². The number of aryl methyl sites for hydroxylation is 2. The van der Waals surface area contributed by atoms with Gasteiger partial charge in [-0.2, -0.15) is 0 Å². The number of hydrogen-bond acceptors (Lipinski definition) is 2. The minimum atomic E-state index is -0.0511. The Balaban J connectivity index is 2.58. The van der Waals surface area contributed by atoms with Gasteiger partial charge in [-0.25, -0.2) is 4.98 Å². The van der Waals surface area contributed by atoms with E-state index in [1.807, 2.05) is 0 Å². The van der Waals surface area contributed by atoms with Crippen molar-refractivity contribution in [1.29, 1.82) is 0 Å². The van der Waals surface area contributed by atoms with Crippen LogP contribution < -0.4 is 5.73 Å². The molecular formula is C17H25N3. The van der Waals surface area contributed by atoms with E-state index in [1.54, 1.807) is 0 Å². The molecule has 1 heterocycles. The first-order valence-electron chi connectivity index (χ1n) is 7.29. The second kappa shape index (κ2) is 5.31. The maximum absolute atomic E-state index is 6.39. The van der Waals surface area contributed by atoms with Crippen LogP contribution in [-0.2, 0) is 12.0 Å². The number of rotatable bonds is 3. The smallest absolute Gasteiger partial charge is 0.132 e. The molecule has 0 saturated carbocycles. The first-order valence-corrected chi connectivity index (χ1v) is 7.29. The molecule has 108 valence electrons. The van der Waals surface area contributed by atoms with E-state index >= 15 is 0 Å². The summed E-state index contributed by atoms with van der Waals surface area (Å²) >= 11 is 0. The van der Waals surface area contributed by atoms with Crippen molar-refractivity contribution in [3.63, 3.8) is 0 Å². The summed E-state index contributed by atoms with van der Waals surface area (Å²) in [7, 11) is 0. The van der Waals surface area contributed by atoms with Gasteiger partial charge in [-0.3, -0.25) is 0 Å². The van der Waals surface area contributed by atoms with E-state index < -0.39 is 0 Å². The van der Waals surface area contributed by atoms with Gasteiger partial charge in [0, 0.05) is 17.5 Å². The van der Waals surface area contributed by atoms with Crippen LogP contribution in [0.25, 0.3) is 11.3 Å². The largest absolute Gasteiger partial charge is 0.383 e. The monoisotopic (exact) mass is 271 g/mol. The maximum Gasteiger partial charge on any atom is 0.132 e. The molecule has 0 atom stereocenters. The summed E-state index contributed by atoms with van der Waals surface area (Å²) < 4.78 is 2.17. The normalized spacial score (nSPS) is 11.8. The third-order valence-electron chi connectivity index (χ3n) is 3.45. The summed E-state index contributed by atoms with van der Waals surface area (Å²) in [5.74, 6) is 1.85. The van der Waals surface area contributed by atoms with E-state index in [2.05, 4.69) is 63.5 Å². The predicted molar refractivity (Wildman–Crippen MR) is 85.8 cm³/mol. The van der Waals surface area contributed by atoms with Crippen molar-refractivity contribution in [2.45, 2.75) is 53.0 Å². The second-order valence-electron chi connectivity index (χ2n) is 6.38. The lowest BCUT2D eigenvalue weighted by atomic mass is 10.1. The van der Waals surface area contributed by atoms with E-state index in [9.17, 15) is 0 Å². The summed E-state index contributed by atoms with van der Waals surface area (Å²) in [6.45, 7) is 10.8. The quantitative estimate of drug-likeness (QED) is 0.911. The highest BCUT2D eigenvalue weighted by molar-refractivity contribution is 5.71. The van der Waals surface area contributed by atoms with E-state index in [0.29, 0.717) is 0 Å². The highest BCUT2D eigenvalue weighted by Crippen LogP contribution is 2.31. The van der Waals surface area contributed by atoms with Crippen molar-refractivity contribution >= 4 is 5.82 Å². The Hall–Kier alpha value is -1.77. The SMILES string of the molecule is CCCc1nc(-c2ccc(C)cc2)c(N)n1C(C)(C)C. The molecular weight excluding hydrogens is 246 g/mol. The van der Waals surface area contributed by atoms with E-state index in [0.717, 1.165) is 35.7 Å². The average Bonchev–Trinajstić information content (AvgIpc) is 2.67. The van der Waals surface area contributed by atoms with Gasteiger partial charge in [0.05, 0.1) is 0 Å². The number of anilines is 1. The van der Waals surface area contributed by atoms with Gasteiger partial charge >= 0.3 is 0 Å². The van der Waals surface area contributed by atoms with Gasteiger partial charge in [-0.05, 0) is 34.1 Å². The van der Waals surface area contributed by atoms with E-state index in [4.69, 9.17) is 10.7 Å². The molecule has 0 aliphatic carbocycles. The zero-order valence-electron chi connectivity index (χ0n) is 13.2. The molecule has 0 saturated heterocycles. The summed E-state index contributed by atoms with van der Waals surface area (Å²) in [5, 5.41) is 0. The van der Waals surface area contributed by atoms with Gasteiger partial charge in [-0.15, -0.1) is 0 Å². The highest BCUT2D eigenvalue weighted by atomic mass is 15.2. The Morgan fingerprint density at radius 2 is 1.75 bits per heavy atom. The molecule has 2 N–H and O–H groups in total. The lowest BCUT2D eigenvalue weighted by Crippen LogP contribution is -2.25. The van der Waals surface area contributed by atoms with Crippen molar-refractivity contribution in [3.05, 3.63) is 35.7 Å². The number of benzene rings is 1. The third-order valence-corrected chi connectivity index (χ3v) is 3.45. The van der Waals surface area contributed by atoms with Crippen LogP contribution in [0, 0.1) is 6.92 Å². The molecule has 3 nitrogen and oxygen atoms in total. The number of nitrogens with zero attached hydrogens (tertiary/aromatic N) is 2. The molecule has 2 aromatic rings. The van der Waals surface area contributed by atoms with Crippen LogP contribution in [0.5, 0.6) is 0 Å². The minimum Gasteiger partial charge on any atom is -0.383 e. The van der Waals surface area contributed by atoms with Crippen molar-refractivity contribution in [3.8, 4) is 11.3 Å². The van der Waals surface area contributed by atoms with Gasteiger partial charge in [0.25, 0.3) is 0 Å². The molecule has 0 amide bonds. The lowest BCUT2D eigenvalue weighted by molar-refractivity contribution is 0.387. The van der Waals surface area contributed by atoms with Gasteiger partial charge < -0.3 is 10.3 Å². The first-order chi connectivity index (χ1) is 9.34. The first kappa shape index (κ1) is 14.6. The molecule has 0 spiro atoms. The summed E-state index contributed by atoms with van der Waals surface area (Å²) in [5.41, 5.74) is 9.58. The number of imidazole rings is 1. The molecule has 0 aliphatic rings. The Morgan fingerprint density at radius 1 is 1.15 bits per heavy atom. The molecule has 2 rings (SSSR count). The second-order valence-corrected chi connectivity index (χ2v) is 6.38. The topological polar surface area (TPSA) is 43.8 Å². The predicted octanol–water partition coefficient (Wildman–Crippen LogP) is 4.15. The zero-order valence-corrected chi connectivity index (χ0v) is 13.2. The minimum absolute atomic E-state index is 0.0511. The number of nitrogen functional groups attached to an aromatic ring is 1. The Morgan fingerprint density at radius 3 is 2.25 bits per heavy atom. The summed E-state index contributed by atoms with van der Waals surface area (Å²) in [6, 6.07) is 8.39. The van der Waals surface area contributed by atoms with Gasteiger partial charge in [0.2, 0.25) is 0 Å². The van der Waals surface area contributed by atoms with Gasteiger partial charge in [0.15, 0.2) is 0 Å². The van der Waals surface area contributed by atoms with Crippen LogP contribution >= 0.6 is 0 Å². The molecule has 0 bridgehead atoms. The van der Waals surface area contributed by atoms with Crippen LogP contribution in [0.1, 0.15) is 45.5 Å². The third kappa shape index (κ3) is 2.72. The van der Waals surface area contributed by atoms with Crippen LogP contribution in [-0.4, -0.2) is 9.55 Å². The molecule has 1 aromatic heterocycles. The Labute approximate surface area is 121 Å². The summed E-state index contributed by atoms with van der Waals surface area (Å²) in [4.78, 5) is 4.80. The maximum atomic E-state index is 6.39. The zero-order chi connectivity index (χ0) is 14.9. The fourth-order valence-corrected chi connectivity index (χ4v) is 2.54. The van der Waals surface area contributed by atoms with Crippen LogP contribution in [0.4, 0.5) is 5.82 Å². The lowest BCUT2D eigenvalue weighted by Gasteiger charge is -2.25. The van der Waals surface area contributed by atoms with Gasteiger partial charge in [0.1, 0.15) is 17.3 Å². The molecule has 0 fully saturated rings. The van der Waals surface area contributed by atoms with Crippen molar-refractivity contribution in [1.82, 2.24) is 9.55 Å². The van der Waals surface area contributed by atoms with Crippen molar-refractivity contribution in [2.24, 2.45) is 0 Å². The van der Waals surface area contributed by atoms with Crippen LogP contribution in [0.3, 0.4) is 0 Å². The van der Waals surface area contributed by atoms with Crippen LogP contribution in [0.2, 0.25) is 0 Å². The van der Waals surface area contributed by atoms with E-state index in [1.165, 1.54) is 5.56 Å². The average molecular weight is 271 g/mol. The fraction of sp³-hybridized carbons (Fsp3) is 0.471. The number of nitrogens with two attached hydrogens (primary N) is 1. The fourth-order valence-electron chi connectivity index (χ4n) is 2.54. The molecule has 3 heteroatoms. The summed E-state index contributed by atoms with van der Waals surface area (Å²) in [6.07, 6.45) is 2.02. The highest BCUT2D eigenvalue weighted by Gasteiger charge is 2.23. The van der Waals surface area contributed by atoms with Crippen molar-refractivity contribution in [2.75, 3.05) is 5.73 Å². The Kier molecular flexibility index (Phi) is 3.89. The molecule has 1 aromatic carbocycles. The molecule has 0 radical (unpaired) electrons. The Bertz CT molecular complexity index is 586. The number of aromatic nitrogens is 2. The molecule has 20 heavy (non-hydrogen) atoms. The molecule has 0 unspecified atom stereocenters. The van der Waals surface area contributed by atoms with Crippen molar-refractivity contribution < 1.29 is 0 Å². The van der Waals surface area contributed by atoms with E-state index in [-0.39, 0.29) is 5.54 Å². The number of hydrogen-bond donors (Lipinski definition) is 1. The standard InChI is InChI=1S/C17H25N3/c1-6-7-14-19-15(13-10-8-12(2)9-11-13)16(18)20(14)17(3,4)5/h8-11H,6-7,18H2,1-5H3.